The molecule has 0 aliphatic rings. The van der Waals surface area contributed by atoms with Gasteiger partial charge in [-0.05, 0) is 60.2 Å². The topological polar surface area (TPSA) is 26.0 Å². The molecule has 0 fully saturated rings. The van der Waals surface area contributed by atoms with Crippen LogP contribution in [0.1, 0.15) is 40.8 Å². The summed E-state index contributed by atoms with van der Waals surface area (Å²) in [5.74, 6) is -0.202. The molecule has 2 heteroatoms. The van der Waals surface area contributed by atoms with E-state index in [1.807, 2.05) is 13.8 Å². The quantitative estimate of drug-likeness (QED) is 0.882. The van der Waals surface area contributed by atoms with E-state index in [0.29, 0.717) is 0 Å². The van der Waals surface area contributed by atoms with Gasteiger partial charge in [-0.3, -0.25) is 0 Å². The Balaban J connectivity index is 2.40. The Labute approximate surface area is 114 Å². The van der Waals surface area contributed by atoms with Gasteiger partial charge in [0.2, 0.25) is 0 Å². The van der Waals surface area contributed by atoms with Crippen molar-refractivity contribution < 1.29 is 4.39 Å². The number of hydrogen-bond donors (Lipinski definition) is 1. The number of aryl methyl sites for hydroxylation is 3. The van der Waals surface area contributed by atoms with Crippen LogP contribution in [0.4, 0.5) is 4.39 Å². The molecule has 2 rings (SSSR count). The highest BCUT2D eigenvalue weighted by molar-refractivity contribution is 5.42. The summed E-state index contributed by atoms with van der Waals surface area (Å²) >= 11 is 0. The van der Waals surface area contributed by atoms with E-state index in [1.165, 1.54) is 5.56 Å². The van der Waals surface area contributed by atoms with Crippen LogP contribution in [-0.2, 0) is 6.42 Å². The minimum absolute atomic E-state index is 0.202. The molecule has 0 heterocycles. The summed E-state index contributed by atoms with van der Waals surface area (Å²) in [6, 6.07) is 11.2. The predicted molar refractivity (Wildman–Crippen MR) is 77.7 cm³/mol. The van der Waals surface area contributed by atoms with E-state index in [1.54, 1.807) is 12.1 Å². The molecule has 0 bridgehead atoms. The predicted octanol–water partition coefficient (Wildman–Crippen LogP) is 4.05. The highest BCUT2D eigenvalue weighted by Gasteiger charge is 2.15. The zero-order chi connectivity index (χ0) is 14.0. The van der Waals surface area contributed by atoms with E-state index < -0.39 is 0 Å². The highest BCUT2D eigenvalue weighted by atomic mass is 19.1. The summed E-state index contributed by atoms with van der Waals surface area (Å²) in [7, 11) is 0. The van der Waals surface area contributed by atoms with Crippen LogP contribution in [0, 0.1) is 19.7 Å². The van der Waals surface area contributed by atoms with E-state index in [9.17, 15) is 4.39 Å². The first-order valence-electron chi connectivity index (χ1n) is 6.64. The standard InChI is InChI=1S/C17H20FN/c1-4-13-5-7-14(8-6-13)17(19)16-11(2)9-15(18)10-12(16)3/h5-10,17H,4,19H2,1-3H3. The molecule has 2 N–H and O–H groups in total. The minimum atomic E-state index is -0.202. The van der Waals surface area contributed by atoms with Crippen LogP contribution in [0.2, 0.25) is 0 Å². The normalized spacial score (nSPS) is 12.5. The zero-order valence-corrected chi connectivity index (χ0v) is 11.7. The fourth-order valence-electron chi connectivity index (χ4n) is 2.54. The molecule has 0 saturated carbocycles. The maximum Gasteiger partial charge on any atom is 0.123 e. The molecule has 2 aromatic carbocycles. The van der Waals surface area contributed by atoms with Crippen molar-refractivity contribution in [2.24, 2.45) is 5.73 Å². The average molecular weight is 257 g/mol. The SMILES string of the molecule is CCc1ccc(C(N)c2c(C)cc(F)cc2C)cc1. The van der Waals surface area contributed by atoms with Crippen molar-refractivity contribution in [1.82, 2.24) is 0 Å². The summed E-state index contributed by atoms with van der Waals surface area (Å²) in [6.45, 7) is 5.95. The second-order valence-corrected chi connectivity index (χ2v) is 5.03. The summed E-state index contributed by atoms with van der Waals surface area (Å²) in [5.41, 5.74) is 11.5. The van der Waals surface area contributed by atoms with Crippen molar-refractivity contribution in [2.45, 2.75) is 33.2 Å². The molecular weight excluding hydrogens is 237 g/mol. The largest absolute Gasteiger partial charge is 0.320 e. The van der Waals surface area contributed by atoms with Gasteiger partial charge in [-0.25, -0.2) is 4.39 Å². The maximum atomic E-state index is 13.3. The number of halogens is 1. The molecule has 0 spiro atoms. The summed E-state index contributed by atoms with van der Waals surface area (Å²) < 4.78 is 13.3. The lowest BCUT2D eigenvalue weighted by atomic mass is 9.91. The molecule has 0 aliphatic carbocycles. The van der Waals surface area contributed by atoms with Crippen LogP contribution in [-0.4, -0.2) is 0 Å². The minimum Gasteiger partial charge on any atom is -0.320 e. The third-order valence-corrected chi connectivity index (χ3v) is 3.62. The Morgan fingerprint density at radius 1 is 1.05 bits per heavy atom. The first-order chi connectivity index (χ1) is 9.02. The molecule has 0 radical (unpaired) electrons. The van der Waals surface area contributed by atoms with Gasteiger partial charge in [-0.1, -0.05) is 31.2 Å². The van der Waals surface area contributed by atoms with E-state index in [-0.39, 0.29) is 11.9 Å². The van der Waals surface area contributed by atoms with Crippen LogP contribution >= 0.6 is 0 Å². The third kappa shape index (κ3) is 2.85. The number of hydrogen-bond acceptors (Lipinski definition) is 1. The lowest BCUT2D eigenvalue weighted by Crippen LogP contribution is -2.15. The molecule has 2 aromatic rings. The molecule has 100 valence electrons. The van der Waals surface area contributed by atoms with Crippen molar-refractivity contribution in [2.75, 3.05) is 0 Å². The van der Waals surface area contributed by atoms with Gasteiger partial charge in [-0.2, -0.15) is 0 Å². The van der Waals surface area contributed by atoms with Gasteiger partial charge in [0.05, 0.1) is 6.04 Å². The fraction of sp³-hybridized carbons (Fsp3) is 0.294. The fourth-order valence-corrected chi connectivity index (χ4v) is 2.54. The molecule has 1 atom stereocenters. The zero-order valence-electron chi connectivity index (χ0n) is 11.7. The van der Waals surface area contributed by atoms with Gasteiger partial charge in [0, 0.05) is 0 Å². The second-order valence-electron chi connectivity index (χ2n) is 5.03. The Bertz CT molecular complexity index is 549. The molecule has 0 aromatic heterocycles. The molecule has 19 heavy (non-hydrogen) atoms. The summed E-state index contributed by atoms with van der Waals surface area (Å²) in [6.07, 6.45) is 1.02. The van der Waals surface area contributed by atoms with Crippen LogP contribution < -0.4 is 5.73 Å². The van der Waals surface area contributed by atoms with Crippen molar-refractivity contribution in [1.29, 1.82) is 0 Å². The summed E-state index contributed by atoms with van der Waals surface area (Å²) in [4.78, 5) is 0. The lowest BCUT2D eigenvalue weighted by Gasteiger charge is -2.18. The maximum absolute atomic E-state index is 13.3. The van der Waals surface area contributed by atoms with Gasteiger partial charge in [0.15, 0.2) is 0 Å². The lowest BCUT2D eigenvalue weighted by molar-refractivity contribution is 0.623. The van der Waals surface area contributed by atoms with Crippen LogP contribution in [0.25, 0.3) is 0 Å². The molecule has 1 nitrogen and oxygen atoms in total. The first-order valence-corrected chi connectivity index (χ1v) is 6.64. The van der Waals surface area contributed by atoms with Crippen LogP contribution in [0.15, 0.2) is 36.4 Å². The van der Waals surface area contributed by atoms with Gasteiger partial charge in [-0.15, -0.1) is 0 Å². The van der Waals surface area contributed by atoms with E-state index in [4.69, 9.17) is 5.73 Å². The molecule has 0 saturated heterocycles. The smallest absolute Gasteiger partial charge is 0.123 e. The van der Waals surface area contributed by atoms with Crippen molar-refractivity contribution in [3.8, 4) is 0 Å². The first kappa shape index (κ1) is 13.8. The highest BCUT2D eigenvalue weighted by Crippen LogP contribution is 2.27. The van der Waals surface area contributed by atoms with Gasteiger partial charge in [0.25, 0.3) is 0 Å². The van der Waals surface area contributed by atoms with E-state index in [0.717, 1.165) is 28.7 Å². The molecular formula is C17H20FN. The van der Waals surface area contributed by atoms with Gasteiger partial charge < -0.3 is 5.73 Å². The number of benzene rings is 2. The van der Waals surface area contributed by atoms with E-state index in [2.05, 4.69) is 31.2 Å². The van der Waals surface area contributed by atoms with Gasteiger partial charge >= 0.3 is 0 Å². The van der Waals surface area contributed by atoms with Crippen LogP contribution in [0.3, 0.4) is 0 Å². The Kier molecular flexibility index (Phi) is 4.01. The molecule has 1 unspecified atom stereocenters. The molecule has 0 aliphatic heterocycles. The van der Waals surface area contributed by atoms with Gasteiger partial charge in [0.1, 0.15) is 5.82 Å². The Morgan fingerprint density at radius 3 is 2.05 bits per heavy atom. The second kappa shape index (κ2) is 5.54. The van der Waals surface area contributed by atoms with Crippen molar-refractivity contribution in [3.05, 3.63) is 70.0 Å². The monoisotopic (exact) mass is 257 g/mol. The van der Waals surface area contributed by atoms with E-state index >= 15 is 0 Å². The van der Waals surface area contributed by atoms with Crippen LogP contribution in [0.5, 0.6) is 0 Å². The third-order valence-electron chi connectivity index (χ3n) is 3.62. The summed E-state index contributed by atoms with van der Waals surface area (Å²) in [5, 5.41) is 0. The average Bonchev–Trinajstić information content (AvgIpc) is 2.37. The van der Waals surface area contributed by atoms with Crippen molar-refractivity contribution >= 4 is 0 Å². The molecule has 0 amide bonds. The van der Waals surface area contributed by atoms with Crippen molar-refractivity contribution in [3.63, 3.8) is 0 Å². The Morgan fingerprint density at radius 2 is 1.58 bits per heavy atom. The number of nitrogens with two attached hydrogens (primary N) is 1. The Hall–Kier alpha value is -1.67. The number of rotatable bonds is 3.